The van der Waals surface area contributed by atoms with Crippen LogP contribution in [0.15, 0.2) is 24.0 Å². The molecule has 0 spiro atoms. The van der Waals surface area contributed by atoms with Crippen molar-refractivity contribution in [2.24, 2.45) is 0 Å². The lowest BCUT2D eigenvalue weighted by Gasteiger charge is -2.36. The lowest BCUT2D eigenvalue weighted by Crippen LogP contribution is -2.40. The maximum atomic E-state index is 6.13. The Bertz CT molecular complexity index is 284. The third-order valence-corrected chi connectivity index (χ3v) is 7.59. The molecule has 15 heavy (non-hydrogen) atoms. The van der Waals surface area contributed by atoms with E-state index in [4.69, 9.17) is 9.16 Å². The van der Waals surface area contributed by atoms with Gasteiger partial charge in [-0.05, 0) is 36.4 Å². The molecule has 1 rings (SSSR count). The molecule has 2 nitrogen and oxygen atoms in total. The molecule has 0 bridgehead atoms. The van der Waals surface area contributed by atoms with E-state index in [1.165, 1.54) is 0 Å². The average Bonchev–Trinajstić information content (AvgIpc) is 2.49. The molecule has 0 fully saturated rings. The standard InChI is InChI=1S/C12H22O2Si/c1-12(2,3)15(5,6)14-11-8-7-10(9-11)13-4/h7-10H,1-6H3. The molecule has 0 saturated heterocycles. The van der Waals surface area contributed by atoms with Crippen LogP contribution in [0, 0.1) is 0 Å². The zero-order chi connectivity index (χ0) is 11.7. The second kappa shape index (κ2) is 4.14. The lowest BCUT2D eigenvalue weighted by atomic mass is 10.2. The summed E-state index contributed by atoms with van der Waals surface area (Å²) in [5, 5.41) is 0.243. The molecule has 0 aliphatic heterocycles. The molecule has 1 aliphatic carbocycles. The van der Waals surface area contributed by atoms with Crippen LogP contribution in [-0.2, 0) is 9.16 Å². The molecule has 3 heteroatoms. The summed E-state index contributed by atoms with van der Waals surface area (Å²) in [4.78, 5) is 0. The van der Waals surface area contributed by atoms with E-state index < -0.39 is 8.32 Å². The van der Waals surface area contributed by atoms with Crippen LogP contribution >= 0.6 is 0 Å². The van der Waals surface area contributed by atoms with Crippen LogP contribution in [0.2, 0.25) is 18.1 Å². The van der Waals surface area contributed by atoms with Gasteiger partial charge in [0, 0.05) is 7.11 Å². The maximum absolute atomic E-state index is 6.13. The Morgan fingerprint density at radius 2 is 1.87 bits per heavy atom. The normalized spacial score (nSPS) is 21.7. The van der Waals surface area contributed by atoms with Gasteiger partial charge in [-0.1, -0.05) is 20.8 Å². The van der Waals surface area contributed by atoms with Crippen LogP contribution in [0.3, 0.4) is 0 Å². The lowest BCUT2D eigenvalue weighted by molar-refractivity contribution is 0.178. The smallest absolute Gasteiger partial charge is 0.250 e. The third-order valence-electron chi connectivity index (χ3n) is 3.23. The second-order valence-electron chi connectivity index (χ2n) is 5.49. The first kappa shape index (κ1) is 12.5. The van der Waals surface area contributed by atoms with E-state index in [0.717, 1.165) is 5.76 Å². The summed E-state index contributed by atoms with van der Waals surface area (Å²) >= 11 is 0. The molecule has 1 unspecified atom stereocenters. The van der Waals surface area contributed by atoms with E-state index in [2.05, 4.69) is 33.9 Å². The van der Waals surface area contributed by atoms with Gasteiger partial charge in [-0.2, -0.15) is 0 Å². The molecular formula is C12H22O2Si. The number of rotatable bonds is 3. The zero-order valence-corrected chi connectivity index (χ0v) is 11.6. The van der Waals surface area contributed by atoms with E-state index in [1.54, 1.807) is 7.11 Å². The number of allylic oxidation sites excluding steroid dienone is 1. The first-order valence-corrected chi connectivity index (χ1v) is 8.29. The summed E-state index contributed by atoms with van der Waals surface area (Å²) in [6.45, 7) is 11.2. The summed E-state index contributed by atoms with van der Waals surface area (Å²) < 4.78 is 11.3. The highest BCUT2D eigenvalue weighted by molar-refractivity contribution is 6.74. The van der Waals surface area contributed by atoms with Crippen LogP contribution in [0.4, 0.5) is 0 Å². The molecule has 0 saturated carbocycles. The molecule has 86 valence electrons. The minimum atomic E-state index is -1.69. The summed E-state index contributed by atoms with van der Waals surface area (Å²) in [6.07, 6.45) is 6.14. The van der Waals surface area contributed by atoms with E-state index in [9.17, 15) is 0 Å². The van der Waals surface area contributed by atoms with Crippen LogP contribution < -0.4 is 0 Å². The maximum Gasteiger partial charge on any atom is 0.250 e. The van der Waals surface area contributed by atoms with Crippen LogP contribution in [-0.4, -0.2) is 21.5 Å². The van der Waals surface area contributed by atoms with E-state index in [0.29, 0.717) is 0 Å². The molecule has 1 aliphatic rings. The van der Waals surface area contributed by atoms with E-state index in [-0.39, 0.29) is 11.1 Å². The fourth-order valence-electron chi connectivity index (χ4n) is 1.13. The number of hydrogen-bond acceptors (Lipinski definition) is 2. The number of hydrogen-bond donors (Lipinski definition) is 0. The van der Waals surface area contributed by atoms with Gasteiger partial charge in [-0.3, -0.25) is 0 Å². The summed E-state index contributed by atoms with van der Waals surface area (Å²) in [7, 11) is 0.0217. The monoisotopic (exact) mass is 226 g/mol. The summed E-state index contributed by atoms with van der Waals surface area (Å²) in [5.74, 6) is 0.966. The van der Waals surface area contributed by atoms with Gasteiger partial charge in [0.15, 0.2) is 0 Å². The average molecular weight is 226 g/mol. The molecule has 0 radical (unpaired) electrons. The minimum absolute atomic E-state index is 0.0877. The van der Waals surface area contributed by atoms with E-state index >= 15 is 0 Å². The zero-order valence-electron chi connectivity index (χ0n) is 10.6. The van der Waals surface area contributed by atoms with Crippen molar-refractivity contribution in [3.05, 3.63) is 24.0 Å². The fraction of sp³-hybridized carbons (Fsp3) is 0.667. The largest absolute Gasteiger partial charge is 0.544 e. The molecule has 0 heterocycles. The number of methoxy groups -OCH3 is 1. The van der Waals surface area contributed by atoms with Crippen LogP contribution in [0.5, 0.6) is 0 Å². The summed E-state index contributed by atoms with van der Waals surface area (Å²) in [6, 6.07) is 0. The highest BCUT2D eigenvalue weighted by Gasteiger charge is 2.39. The molecule has 0 aromatic rings. The van der Waals surface area contributed by atoms with Gasteiger partial charge < -0.3 is 9.16 Å². The van der Waals surface area contributed by atoms with Crippen molar-refractivity contribution in [3.63, 3.8) is 0 Å². The van der Waals surface area contributed by atoms with Gasteiger partial charge in [0.25, 0.3) is 0 Å². The molecule has 0 N–H and O–H groups in total. The van der Waals surface area contributed by atoms with Gasteiger partial charge in [0.2, 0.25) is 8.32 Å². The Hall–Kier alpha value is -0.543. The predicted molar refractivity (Wildman–Crippen MR) is 66.3 cm³/mol. The SMILES string of the molecule is COC1C=CC(O[Si](C)(C)C(C)(C)C)=C1. The predicted octanol–water partition coefficient (Wildman–Crippen LogP) is 3.48. The Labute approximate surface area is 94.1 Å². The van der Waals surface area contributed by atoms with Gasteiger partial charge in [-0.25, -0.2) is 0 Å². The number of ether oxygens (including phenoxy) is 1. The molecule has 0 aromatic carbocycles. The van der Waals surface area contributed by atoms with Gasteiger partial charge in [-0.15, -0.1) is 0 Å². The Morgan fingerprint density at radius 1 is 1.27 bits per heavy atom. The van der Waals surface area contributed by atoms with Gasteiger partial charge in [0.05, 0.1) is 6.10 Å². The highest BCUT2D eigenvalue weighted by atomic mass is 28.4. The Balaban J connectivity index is 2.68. The van der Waals surface area contributed by atoms with Gasteiger partial charge in [0.1, 0.15) is 5.76 Å². The van der Waals surface area contributed by atoms with Gasteiger partial charge >= 0.3 is 0 Å². The van der Waals surface area contributed by atoms with Crippen molar-refractivity contribution in [2.45, 2.75) is 45.0 Å². The molecule has 0 amide bonds. The minimum Gasteiger partial charge on any atom is -0.544 e. The molecule has 0 aromatic heterocycles. The first-order valence-electron chi connectivity index (χ1n) is 5.38. The Kier molecular flexibility index (Phi) is 3.46. The fourth-order valence-corrected chi connectivity index (χ4v) is 2.16. The Morgan fingerprint density at radius 3 is 2.27 bits per heavy atom. The van der Waals surface area contributed by atoms with Crippen molar-refractivity contribution < 1.29 is 9.16 Å². The molecular weight excluding hydrogens is 204 g/mol. The van der Waals surface area contributed by atoms with E-state index in [1.807, 2.05) is 18.2 Å². The molecule has 1 atom stereocenters. The van der Waals surface area contributed by atoms with Crippen molar-refractivity contribution >= 4 is 8.32 Å². The quantitative estimate of drug-likeness (QED) is 0.686. The van der Waals surface area contributed by atoms with Crippen molar-refractivity contribution in [1.82, 2.24) is 0 Å². The van der Waals surface area contributed by atoms with Crippen LogP contribution in [0.25, 0.3) is 0 Å². The van der Waals surface area contributed by atoms with Crippen molar-refractivity contribution in [2.75, 3.05) is 7.11 Å². The first-order chi connectivity index (χ1) is 6.76. The van der Waals surface area contributed by atoms with Crippen molar-refractivity contribution in [3.8, 4) is 0 Å². The second-order valence-corrected chi connectivity index (χ2v) is 10.2. The highest BCUT2D eigenvalue weighted by Crippen LogP contribution is 2.38. The van der Waals surface area contributed by atoms with Crippen LogP contribution in [0.1, 0.15) is 20.8 Å². The topological polar surface area (TPSA) is 18.5 Å². The third kappa shape index (κ3) is 2.95. The summed E-state index contributed by atoms with van der Waals surface area (Å²) in [5.41, 5.74) is 0. The van der Waals surface area contributed by atoms with Crippen molar-refractivity contribution in [1.29, 1.82) is 0 Å².